The fourth-order valence-electron chi connectivity index (χ4n) is 9.58. The summed E-state index contributed by atoms with van der Waals surface area (Å²) in [5.41, 5.74) is 12.7. The molecule has 0 aliphatic heterocycles. The van der Waals surface area contributed by atoms with Gasteiger partial charge in [-0.25, -0.2) is 0 Å². The number of hydrogen-bond donors (Lipinski definition) is 0. The molecule has 0 saturated heterocycles. The van der Waals surface area contributed by atoms with Crippen LogP contribution in [0, 0.1) is 0 Å². The molecule has 0 fully saturated rings. The summed E-state index contributed by atoms with van der Waals surface area (Å²) in [7, 11) is 0. The van der Waals surface area contributed by atoms with Crippen LogP contribution in [0.15, 0.2) is 191 Å². The Morgan fingerprint density at radius 2 is 1.00 bits per heavy atom. The molecule has 0 saturated carbocycles. The first kappa shape index (κ1) is 29.8. The molecule has 0 radical (unpaired) electrons. The molecule has 0 bridgehead atoms. The highest BCUT2D eigenvalue weighted by Crippen LogP contribution is 2.45. The standard InChI is InChI=1S/C52H30N2O2/c1-2-14-33-31(12-1)13-9-23-42(33)54-44-22-7-4-16-39(44)50-45(54)28-27-36-34-15-3-6-21-43(34)53(51(36)50)32-26-29-47-41(30-32)38-20-10-19-37(52(38)56-47)35-18-11-25-48-49(35)40-17-5-8-24-46(40)55-48/h1-30H. The van der Waals surface area contributed by atoms with E-state index in [9.17, 15) is 0 Å². The molecule has 0 amide bonds. The molecule has 0 aliphatic carbocycles. The molecule has 4 aromatic heterocycles. The molecule has 0 atom stereocenters. The van der Waals surface area contributed by atoms with E-state index in [1.54, 1.807) is 0 Å². The maximum absolute atomic E-state index is 6.80. The Morgan fingerprint density at radius 1 is 0.339 bits per heavy atom. The van der Waals surface area contributed by atoms with Crippen LogP contribution in [0.4, 0.5) is 0 Å². The Kier molecular flexibility index (Phi) is 5.86. The van der Waals surface area contributed by atoms with E-state index in [0.717, 1.165) is 60.7 Å². The summed E-state index contributed by atoms with van der Waals surface area (Å²) < 4.78 is 18.0. The van der Waals surface area contributed by atoms with Crippen molar-refractivity contribution in [3.63, 3.8) is 0 Å². The highest BCUT2D eigenvalue weighted by Gasteiger charge is 2.23. The number of hydrogen-bond acceptors (Lipinski definition) is 2. The van der Waals surface area contributed by atoms with Crippen molar-refractivity contribution in [1.82, 2.24) is 9.13 Å². The van der Waals surface area contributed by atoms with Crippen molar-refractivity contribution in [3.8, 4) is 22.5 Å². The van der Waals surface area contributed by atoms with Crippen molar-refractivity contribution >= 4 is 98.3 Å². The molecule has 56 heavy (non-hydrogen) atoms. The predicted molar refractivity (Wildman–Crippen MR) is 233 cm³/mol. The van der Waals surface area contributed by atoms with Crippen molar-refractivity contribution in [1.29, 1.82) is 0 Å². The molecule has 13 aromatic rings. The zero-order chi connectivity index (χ0) is 36.5. The highest BCUT2D eigenvalue weighted by atomic mass is 16.3. The summed E-state index contributed by atoms with van der Waals surface area (Å²) in [5.74, 6) is 0. The van der Waals surface area contributed by atoms with Gasteiger partial charge in [-0.15, -0.1) is 0 Å². The smallest absolute Gasteiger partial charge is 0.143 e. The third-order valence-corrected chi connectivity index (χ3v) is 11.9. The second-order valence-corrected chi connectivity index (χ2v) is 14.8. The second kappa shape index (κ2) is 11.0. The zero-order valence-corrected chi connectivity index (χ0v) is 30.0. The van der Waals surface area contributed by atoms with Crippen molar-refractivity contribution in [2.45, 2.75) is 0 Å². The van der Waals surface area contributed by atoms with Crippen LogP contribution >= 0.6 is 0 Å². The summed E-state index contributed by atoms with van der Waals surface area (Å²) in [4.78, 5) is 0. The van der Waals surface area contributed by atoms with Crippen LogP contribution < -0.4 is 0 Å². The van der Waals surface area contributed by atoms with Gasteiger partial charge in [-0.05, 0) is 65.5 Å². The predicted octanol–water partition coefficient (Wildman–Crippen LogP) is 14.5. The minimum absolute atomic E-state index is 0.860. The van der Waals surface area contributed by atoms with Gasteiger partial charge in [-0.1, -0.05) is 127 Å². The van der Waals surface area contributed by atoms with Crippen LogP contribution in [0.2, 0.25) is 0 Å². The number of furan rings is 2. The minimum atomic E-state index is 0.860. The maximum atomic E-state index is 6.80. The lowest BCUT2D eigenvalue weighted by molar-refractivity contribution is 0.668. The van der Waals surface area contributed by atoms with E-state index < -0.39 is 0 Å². The minimum Gasteiger partial charge on any atom is -0.456 e. The molecule has 0 N–H and O–H groups in total. The van der Waals surface area contributed by atoms with E-state index >= 15 is 0 Å². The van der Waals surface area contributed by atoms with E-state index in [-0.39, 0.29) is 0 Å². The lowest BCUT2D eigenvalue weighted by Crippen LogP contribution is -1.96. The average molecular weight is 715 g/mol. The fourth-order valence-corrected chi connectivity index (χ4v) is 9.58. The van der Waals surface area contributed by atoms with Gasteiger partial charge in [-0.2, -0.15) is 0 Å². The SMILES string of the molecule is c1ccc2c(-n3c4ccccc4c4c3ccc3c5ccccc5n(-c5ccc6oc7c(-c8cccc9oc%10ccccc%10c89)cccc7c6c5)c34)cccc2c1. The average Bonchev–Trinajstić information content (AvgIpc) is 4.01. The van der Waals surface area contributed by atoms with Crippen LogP contribution in [-0.2, 0) is 0 Å². The number of rotatable bonds is 3. The van der Waals surface area contributed by atoms with Crippen molar-refractivity contribution in [3.05, 3.63) is 182 Å². The highest BCUT2D eigenvalue weighted by molar-refractivity contribution is 6.27. The number of benzene rings is 9. The third-order valence-electron chi connectivity index (χ3n) is 11.9. The van der Waals surface area contributed by atoms with Gasteiger partial charge in [0.2, 0.25) is 0 Å². The summed E-state index contributed by atoms with van der Waals surface area (Å²) in [6.45, 7) is 0. The Balaban J connectivity index is 1.10. The zero-order valence-electron chi connectivity index (χ0n) is 30.0. The number of aromatic nitrogens is 2. The lowest BCUT2D eigenvalue weighted by atomic mass is 9.97. The van der Waals surface area contributed by atoms with Crippen LogP contribution in [0.25, 0.3) is 121 Å². The molecule has 4 heteroatoms. The molecular weight excluding hydrogens is 685 g/mol. The quantitative estimate of drug-likeness (QED) is 0.183. The molecule has 0 aliphatic rings. The van der Waals surface area contributed by atoms with Crippen LogP contribution in [0.1, 0.15) is 0 Å². The third kappa shape index (κ3) is 3.92. The summed E-state index contributed by atoms with van der Waals surface area (Å²) in [6, 6.07) is 65.3. The Hall–Kier alpha value is -7.56. The largest absolute Gasteiger partial charge is 0.456 e. The summed E-state index contributed by atoms with van der Waals surface area (Å²) in [5, 5.41) is 11.8. The first-order valence-electron chi connectivity index (χ1n) is 19.1. The van der Waals surface area contributed by atoms with Crippen LogP contribution in [0.5, 0.6) is 0 Å². The van der Waals surface area contributed by atoms with Gasteiger partial charge in [-0.3, -0.25) is 0 Å². The van der Waals surface area contributed by atoms with E-state index in [1.165, 1.54) is 60.1 Å². The van der Waals surface area contributed by atoms with E-state index in [4.69, 9.17) is 8.83 Å². The van der Waals surface area contributed by atoms with Gasteiger partial charge in [0.15, 0.2) is 0 Å². The molecule has 260 valence electrons. The van der Waals surface area contributed by atoms with Crippen molar-refractivity contribution in [2.24, 2.45) is 0 Å². The Bertz CT molecular complexity index is 3770. The van der Waals surface area contributed by atoms with Crippen molar-refractivity contribution < 1.29 is 8.83 Å². The topological polar surface area (TPSA) is 36.1 Å². The molecule has 13 rings (SSSR count). The van der Waals surface area contributed by atoms with E-state index in [0.29, 0.717) is 0 Å². The van der Waals surface area contributed by atoms with Gasteiger partial charge >= 0.3 is 0 Å². The van der Waals surface area contributed by atoms with Gasteiger partial charge in [0, 0.05) is 59.7 Å². The van der Waals surface area contributed by atoms with Crippen LogP contribution in [-0.4, -0.2) is 9.13 Å². The molecule has 4 nitrogen and oxygen atoms in total. The van der Waals surface area contributed by atoms with Gasteiger partial charge in [0.1, 0.15) is 22.3 Å². The van der Waals surface area contributed by atoms with Crippen LogP contribution in [0.3, 0.4) is 0 Å². The summed E-state index contributed by atoms with van der Waals surface area (Å²) in [6.07, 6.45) is 0. The molecule has 9 aromatic carbocycles. The number of para-hydroxylation sites is 4. The van der Waals surface area contributed by atoms with Gasteiger partial charge in [0.25, 0.3) is 0 Å². The van der Waals surface area contributed by atoms with Crippen molar-refractivity contribution in [2.75, 3.05) is 0 Å². The number of fused-ring (bicyclic) bond motifs is 14. The monoisotopic (exact) mass is 714 g/mol. The number of nitrogens with zero attached hydrogens (tertiary/aromatic N) is 2. The normalized spacial score (nSPS) is 12.3. The summed E-state index contributed by atoms with van der Waals surface area (Å²) >= 11 is 0. The molecular formula is C52H30N2O2. The fraction of sp³-hybridized carbons (Fsp3) is 0. The van der Waals surface area contributed by atoms with Gasteiger partial charge < -0.3 is 18.0 Å². The van der Waals surface area contributed by atoms with E-state index in [2.05, 4.69) is 173 Å². The molecule has 4 heterocycles. The van der Waals surface area contributed by atoms with Gasteiger partial charge in [0.05, 0.1) is 27.8 Å². The maximum Gasteiger partial charge on any atom is 0.143 e. The molecule has 0 spiro atoms. The first-order chi connectivity index (χ1) is 27.8. The van der Waals surface area contributed by atoms with E-state index in [1.807, 2.05) is 18.2 Å². The Morgan fingerprint density at radius 3 is 1.91 bits per heavy atom. The second-order valence-electron chi connectivity index (χ2n) is 14.8. The Labute approximate surface area is 319 Å². The first-order valence-corrected chi connectivity index (χ1v) is 19.1. The lowest BCUT2D eigenvalue weighted by Gasteiger charge is -2.12. The molecule has 0 unspecified atom stereocenters.